The van der Waals surface area contributed by atoms with Gasteiger partial charge in [-0.3, -0.25) is 4.79 Å². The van der Waals surface area contributed by atoms with Gasteiger partial charge in [-0.1, -0.05) is 0 Å². The molecule has 0 spiro atoms. The van der Waals surface area contributed by atoms with Crippen molar-refractivity contribution in [3.05, 3.63) is 19.2 Å². The van der Waals surface area contributed by atoms with E-state index in [9.17, 15) is 4.79 Å². The molecule has 1 aromatic heterocycles. The monoisotopic (exact) mass is 370 g/mol. The summed E-state index contributed by atoms with van der Waals surface area (Å²) in [5.74, 6) is -0.439. The van der Waals surface area contributed by atoms with Crippen molar-refractivity contribution in [3.63, 3.8) is 0 Å². The SMILES string of the molecule is NC(=O)COCCNCc1cc(Br)c(Br)s1. The number of thiophene rings is 1. The molecule has 0 bridgehead atoms. The van der Waals surface area contributed by atoms with Gasteiger partial charge in [0.2, 0.25) is 5.91 Å². The second-order valence-electron chi connectivity index (χ2n) is 3.03. The molecule has 0 aromatic carbocycles. The molecule has 3 N–H and O–H groups in total. The molecule has 1 amide bonds. The van der Waals surface area contributed by atoms with Crippen LogP contribution in [0.1, 0.15) is 4.88 Å². The van der Waals surface area contributed by atoms with E-state index in [4.69, 9.17) is 10.5 Å². The number of halogens is 2. The molecule has 1 rings (SSSR count). The molecule has 7 heteroatoms. The van der Waals surface area contributed by atoms with Crippen LogP contribution in [0.15, 0.2) is 14.3 Å². The number of amides is 1. The molecule has 4 nitrogen and oxygen atoms in total. The molecule has 0 aliphatic heterocycles. The molecule has 0 atom stereocenters. The average Bonchev–Trinajstić information content (AvgIpc) is 2.52. The summed E-state index contributed by atoms with van der Waals surface area (Å²) in [6.45, 7) is 1.95. The zero-order valence-corrected chi connectivity index (χ0v) is 12.5. The second-order valence-corrected chi connectivity index (χ2v) is 6.34. The van der Waals surface area contributed by atoms with Crippen molar-refractivity contribution in [1.29, 1.82) is 0 Å². The van der Waals surface area contributed by atoms with Crippen molar-refractivity contribution in [3.8, 4) is 0 Å². The van der Waals surface area contributed by atoms with E-state index in [-0.39, 0.29) is 6.61 Å². The predicted molar refractivity (Wildman–Crippen MR) is 71.4 cm³/mol. The van der Waals surface area contributed by atoms with Gasteiger partial charge in [-0.25, -0.2) is 0 Å². The summed E-state index contributed by atoms with van der Waals surface area (Å²) in [5.41, 5.74) is 4.92. The van der Waals surface area contributed by atoms with E-state index < -0.39 is 5.91 Å². The third kappa shape index (κ3) is 5.40. The molecule has 0 aliphatic rings. The van der Waals surface area contributed by atoms with Gasteiger partial charge in [-0.15, -0.1) is 11.3 Å². The molecule has 0 aliphatic carbocycles. The van der Waals surface area contributed by atoms with E-state index in [1.807, 2.05) is 0 Å². The van der Waals surface area contributed by atoms with Crippen molar-refractivity contribution >= 4 is 49.1 Å². The lowest BCUT2D eigenvalue weighted by atomic mass is 10.4. The first-order valence-electron chi connectivity index (χ1n) is 4.60. The van der Waals surface area contributed by atoms with Gasteiger partial charge >= 0.3 is 0 Å². The zero-order valence-electron chi connectivity index (χ0n) is 8.46. The topological polar surface area (TPSA) is 64.4 Å². The Morgan fingerprint density at radius 2 is 2.31 bits per heavy atom. The van der Waals surface area contributed by atoms with Crippen molar-refractivity contribution in [2.45, 2.75) is 6.54 Å². The fourth-order valence-corrected chi connectivity index (χ4v) is 3.15. The number of primary amides is 1. The van der Waals surface area contributed by atoms with E-state index >= 15 is 0 Å². The van der Waals surface area contributed by atoms with E-state index in [1.54, 1.807) is 11.3 Å². The van der Waals surface area contributed by atoms with Crippen molar-refractivity contribution < 1.29 is 9.53 Å². The van der Waals surface area contributed by atoms with Crippen LogP contribution in [0.5, 0.6) is 0 Å². The molecule has 1 aromatic rings. The normalized spacial score (nSPS) is 10.6. The highest BCUT2D eigenvalue weighted by atomic mass is 79.9. The molecule has 0 saturated carbocycles. The summed E-state index contributed by atoms with van der Waals surface area (Å²) < 4.78 is 7.17. The number of carbonyl (C=O) groups excluding carboxylic acids is 1. The van der Waals surface area contributed by atoms with E-state index in [0.29, 0.717) is 13.2 Å². The van der Waals surface area contributed by atoms with Crippen LogP contribution in [-0.4, -0.2) is 25.7 Å². The van der Waals surface area contributed by atoms with Crippen molar-refractivity contribution in [2.75, 3.05) is 19.8 Å². The smallest absolute Gasteiger partial charge is 0.243 e. The molecule has 0 fully saturated rings. The van der Waals surface area contributed by atoms with Crippen LogP contribution >= 0.6 is 43.2 Å². The summed E-state index contributed by atoms with van der Waals surface area (Å²) in [6.07, 6.45) is 0. The maximum atomic E-state index is 10.4. The van der Waals surface area contributed by atoms with Gasteiger partial charge in [-0.05, 0) is 37.9 Å². The Labute approximate surface area is 115 Å². The Bertz CT molecular complexity index is 338. The molecular weight excluding hydrogens is 360 g/mol. The van der Waals surface area contributed by atoms with Gasteiger partial charge in [-0.2, -0.15) is 0 Å². The fourth-order valence-electron chi connectivity index (χ4n) is 1.01. The predicted octanol–water partition coefficient (Wildman–Crippen LogP) is 1.86. The maximum Gasteiger partial charge on any atom is 0.243 e. The second kappa shape index (κ2) is 7.39. The first-order valence-corrected chi connectivity index (χ1v) is 7.00. The lowest BCUT2D eigenvalue weighted by molar-refractivity contribution is -0.122. The Kier molecular flexibility index (Phi) is 6.52. The summed E-state index contributed by atoms with van der Waals surface area (Å²) in [6, 6.07) is 2.06. The van der Waals surface area contributed by atoms with Crippen molar-refractivity contribution in [1.82, 2.24) is 5.32 Å². The lowest BCUT2D eigenvalue weighted by Gasteiger charge is -2.03. The van der Waals surface area contributed by atoms with Crippen LogP contribution in [0, 0.1) is 0 Å². The first kappa shape index (κ1) is 14.1. The minimum absolute atomic E-state index is 0.0161. The number of nitrogens with one attached hydrogen (secondary N) is 1. The Balaban J connectivity index is 2.09. The van der Waals surface area contributed by atoms with Crippen molar-refractivity contribution in [2.24, 2.45) is 5.73 Å². The van der Waals surface area contributed by atoms with Gasteiger partial charge in [0.25, 0.3) is 0 Å². The summed E-state index contributed by atoms with van der Waals surface area (Å²) in [4.78, 5) is 11.6. The highest BCUT2D eigenvalue weighted by Gasteiger charge is 2.03. The van der Waals surface area contributed by atoms with Crippen LogP contribution in [0.4, 0.5) is 0 Å². The van der Waals surface area contributed by atoms with Gasteiger partial charge in [0.1, 0.15) is 6.61 Å². The molecule has 16 heavy (non-hydrogen) atoms. The highest BCUT2D eigenvalue weighted by molar-refractivity contribution is 9.13. The number of hydrogen-bond donors (Lipinski definition) is 2. The number of hydrogen-bond acceptors (Lipinski definition) is 4. The zero-order chi connectivity index (χ0) is 12.0. The molecule has 0 saturated heterocycles. The minimum atomic E-state index is -0.439. The Hall–Kier alpha value is 0.0500. The van der Waals surface area contributed by atoms with Gasteiger partial charge < -0.3 is 15.8 Å². The first-order chi connectivity index (χ1) is 7.59. The fraction of sp³-hybridized carbons (Fsp3) is 0.444. The summed E-state index contributed by atoms with van der Waals surface area (Å²) in [7, 11) is 0. The van der Waals surface area contributed by atoms with E-state index in [1.165, 1.54) is 4.88 Å². The largest absolute Gasteiger partial charge is 0.370 e. The number of nitrogens with two attached hydrogens (primary N) is 1. The molecule has 0 radical (unpaired) electrons. The summed E-state index contributed by atoms with van der Waals surface area (Å²) in [5, 5.41) is 3.21. The van der Waals surface area contributed by atoms with Crippen LogP contribution < -0.4 is 11.1 Å². The van der Waals surface area contributed by atoms with Gasteiger partial charge in [0, 0.05) is 22.4 Å². The van der Waals surface area contributed by atoms with Crippen LogP contribution in [0.2, 0.25) is 0 Å². The average molecular weight is 372 g/mol. The van der Waals surface area contributed by atoms with E-state index in [2.05, 4.69) is 43.2 Å². The quantitative estimate of drug-likeness (QED) is 0.719. The minimum Gasteiger partial charge on any atom is -0.370 e. The van der Waals surface area contributed by atoms with Crippen LogP contribution in [-0.2, 0) is 16.1 Å². The molecule has 1 heterocycles. The third-order valence-corrected chi connectivity index (χ3v) is 4.92. The van der Waals surface area contributed by atoms with Crippen LogP contribution in [0.3, 0.4) is 0 Å². The molecule has 0 unspecified atom stereocenters. The van der Waals surface area contributed by atoms with E-state index in [0.717, 1.165) is 14.8 Å². The van der Waals surface area contributed by atoms with Gasteiger partial charge in [0.05, 0.1) is 10.4 Å². The Morgan fingerprint density at radius 3 is 2.88 bits per heavy atom. The third-order valence-electron chi connectivity index (χ3n) is 1.66. The number of rotatable bonds is 7. The van der Waals surface area contributed by atoms with Gasteiger partial charge in [0.15, 0.2) is 0 Å². The number of carbonyl (C=O) groups is 1. The molecule has 90 valence electrons. The Morgan fingerprint density at radius 1 is 1.56 bits per heavy atom. The molecular formula is C9H12Br2N2O2S. The lowest BCUT2D eigenvalue weighted by Crippen LogP contribution is -2.23. The maximum absolute atomic E-state index is 10.4. The highest BCUT2D eigenvalue weighted by Crippen LogP contribution is 2.32. The standard InChI is InChI=1S/C9H12Br2N2O2S/c10-7-3-6(16-9(7)11)4-13-1-2-15-5-8(12)14/h3,13H,1-2,4-5H2,(H2,12,14). The van der Waals surface area contributed by atoms with Crippen LogP contribution in [0.25, 0.3) is 0 Å². The number of ether oxygens (including phenoxy) is 1. The summed E-state index contributed by atoms with van der Waals surface area (Å²) >= 11 is 8.53.